The van der Waals surface area contributed by atoms with Crippen molar-refractivity contribution in [2.75, 3.05) is 5.75 Å². The van der Waals surface area contributed by atoms with Crippen LogP contribution >= 0.6 is 23.2 Å². The number of rotatable bonds is 2. The van der Waals surface area contributed by atoms with Crippen LogP contribution < -0.4 is 5.32 Å². The van der Waals surface area contributed by atoms with E-state index in [0.29, 0.717) is 0 Å². The Morgan fingerprint density at radius 1 is 1.39 bits per heavy atom. The summed E-state index contributed by atoms with van der Waals surface area (Å²) < 4.78 is 22.3. The van der Waals surface area contributed by atoms with E-state index in [1.807, 2.05) is 0 Å². The molecule has 6 nitrogen and oxygen atoms in total. The van der Waals surface area contributed by atoms with Gasteiger partial charge in [-0.05, 0) is 12.1 Å². The second-order valence-corrected chi connectivity index (χ2v) is 6.29. The van der Waals surface area contributed by atoms with E-state index in [4.69, 9.17) is 23.2 Å². The second kappa shape index (κ2) is 4.83. The number of carbonyl (C=O) groups is 1. The first-order chi connectivity index (χ1) is 8.37. The highest BCUT2D eigenvalue weighted by Gasteiger charge is 2.24. The Balaban J connectivity index is 2.14. The van der Waals surface area contributed by atoms with Crippen molar-refractivity contribution in [3.05, 3.63) is 33.4 Å². The van der Waals surface area contributed by atoms with Gasteiger partial charge in [-0.25, -0.2) is 8.42 Å². The molecule has 0 aliphatic carbocycles. The minimum atomic E-state index is -3.22. The number of aromatic nitrogens is 2. The highest BCUT2D eigenvalue weighted by molar-refractivity contribution is 7.94. The van der Waals surface area contributed by atoms with Crippen LogP contribution in [0.1, 0.15) is 10.4 Å². The first kappa shape index (κ1) is 13.3. The van der Waals surface area contributed by atoms with Gasteiger partial charge in [-0.3, -0.25) is 4.79 Å². The Morgan fingerprint density at radius 2 is 2.11 bits per heavy atom. The molecule has 18 heavy (non-hydrogen) atoms. The summed E-state index contributed by atoms with van der Waals surface area (Å²) in [6, 6.07) is 0.685. The highest BCUT2D eigenvalue weighted by atomic mass is 35.5. The average molecular weight is 308 g/mol. The molecule has 0 saturated heterocycles. The molecule has 2 rings (SSSR count). The summed E-state index contributed by atoms with van der Waals surface area (Å²) in [5.41, 5.74) is 0.0503. The van der Waals surface area contributed by atoms with Crippen molar-refractivity contribution in [2.45, 2.75) is 6.04 Å². The Bertz CT molecular complexity index is 630. The number of nitrogens with one attached hydrogen (secondary N) is 1. The predicted octanol–water partition coefficient (Wildman–Crippen LogP) is 0.824. The summed E-state index contributed by atoms with van der Waals surface area (Å²) in [7, 11) is -3.22. The molecule has 0 radical (unpaired) electrons. The first-order valence-electron chi connectivity index (χ1n) is 4.78. The molecule has 0 fully saturated rings. The summed E-state index contributed by atoms with van der Waals surface area (Å²) in [6.07, 6.45) is 1.40. The molecule has 1 aromatic rings. The lowest BCUT2D eigenvalue weighted by atomic mass is 10.2. The van der Waals surface area contributed by atoms with Crippen LogP contribution in [0.3, 0.4) is 0 Å². The van der Waals surface area contributed by atoms with Crippen LogP contribution in [-0.2, 0) is 9.84 Å². The van der Waals surface area contributed by atoms with Crippen molar-refractivity contribution in [1.82, 2.24) is 15.5 Å². The fourth-order valence-electron chi connectivity index (χ4n) is 1.42. The quantitative estimate of drug-likeness (QED) is 0.874. The molecule has 0 saturated carbocycles. The van der Waals surface area contributed by atoms with Crippen LogP contribution in [0.15, 0.2) is 17.6 Å². The predicted molar refractivity (Wildman–Crippen MR) is 66.2 cm³/mol. The summed E-state index contributed by atoms with van der Waals surface area (Å²) in [4.78, 5) is 11.8. The fourth-order valence-corrected chi connectivity index (χ4v) is 2.98. The van der Waals surface area contributed by atoms with Crippen molar-refractivity contribution in [3.63, 3.8) is 0 Å². The van der Waals surface area contributed by atoms with Crippen LogP contribution in [0.4, 0.5) is 0 Å². The molecule has 0 bridgehead atoms. The van der Waals surface area contributed by atoms with E-state index in [1.54, 1.807) is 0 Å². The molecule has 1 amide bonds. The third kappa shape index (κ3) is 2.98. The van der Waals surface area contributed by atoms with Gasteiger partial charge in [0.15, 0.2) is 20.1 Å². The number of halogens is 2. The third-order valence-electron chi connectivity index (χ3n) is 2.21. The van der Waals surface area contributed by atoms with Crippen molar-refractivity contribution in [1.29, 1.82) is 0 Å². The number of hydrogen-bond donors (Lipinski definition) is 1. The molecule has 1 N–H and O–H groups in total. The normalized spacial score (nSPS) is 20.9. The largest absolute Gasteiger partial charge is 0.345 e. The minimum Gasteiger partial charge on any atom is -0.345 e. The zero-order valence-corrected chi connectivity index (χ0v) is 11.1. The van der Waals surface area contributed by atoms with Crippen molar-refractivity contribution < 1.29 is 13.2 Å². The maximum Gasteiger partial charge on any atom is 0.255 e. The van der Waals surface area contributed by atoms with Crippen LogP contribution in [-0.4, -0.2) is 36.3 Å². The number of sulfone groups is 1. The monoisotopic (exact) mass is 307 g/mol. The number of nitrogens with zero attached hydrogens (tertiary/aromatic N) is 2. The van der Waals surface area contributed by atoms with E-state index < -0.39 is 21.8 Å². The van der Waals surface area contributed by atoms with E-state index in [1.165, 1.54) is 12.1 Å². The lowest BCUT2D eigenvalue weighted by Crippen LogP contribution is -2.35. The lowest BCUT2D eigenvalue weighted by molar-refractivity contribution is 0.0947. The SMILES string of the molecule is O=C(NC1C=CS(=O)(=O)C1)c1cc(Cl)nnc1Cl. The standard InChI is InChI=1S/C9H7Cl2N3O3S/c10-7-3-6(8(11)14-13-7)9(15)12-5-1-2-18(16,17)4-5/h1-3,5H,4H2,(H,12,15). The smallest absolute Gasteiger partial charge is 0.255 e. The van der Waals surface area contributed by atoms with Crippen molar-refractivity contribution in [2.24, 2.45) is 0 Å². The molecular weight excluding hydrogens is 301 g/mol. The second-order valence-electron chi connectivity index (χ2n) is 3.61. The topological polar surface area (TPSA) is 89.0 Å². The van der Waals surface area contributed by atoms with Crippen LogP contribution in [0.2, 0.25) is 10.3 Å². The zero-order valence-electron chi connectivity index (χ0n) is 8.80. The molecule has 0 aromatic carbocycles. The summed E-state index contributed by atoms with van der Waals surface area (Å²) in [5, 5.41) is 10.5. The third-order valence-corrected chi connectivity index (χ3v) is 4.07. The maximum absolute atomic E-state index is 11.8. The van der Waals surface area contributed by atoms with E-state index >= 15 is 0 Å². The van der Waals surface area contributed by atoms with Gasteiger partial charge < -0.3 is 5.32 Å². The Morgan fingerprint density at radius 3 is 2.72 bits per heavy atom. The molecule has 1 aliphatic heterocycles. The van der Waals surface area contributed by atoms with Gasteiger partial charge >= 0.3 is 0 Å². The highest BCUT2D eigenvalue weighted by Crippen LogP contribution is 2.16. The van der Waals surface area contributed by atoms with Gasteiger partial charge in [-0.2, -0.15) is 0 Å². The molecule has 1 aliphatic rings. The van der Waals surface area contributed by atoms with Gasteiger partial charge in [-0.1, -0.05) is 23.2 Å². The average Bonchev–Trinajstić information content (AvgIpc) is 2.61. The van der Waals surface area contributed by atoms with Crippen molar-refractivity contribution in [3.8, 4) is 0 Å². The van der Waals surface area contributed by atoms with Crippen LogP contribution in [0, 0.1) is 0 Å². The minimum absolute atomic E-state index is 0.0270. The van der Waals surface area contributed by atoms with E-state index in [-0.39, 0.29) is 21.6 Å². The Kier molecular flexibility index (Phi) is 3.56. The van der Waals surface area contributed by atoms with Crippen LogP contribution in [0.25, 0.3) is 0 Å². The van der Waals surface area contributed by atoms with E-state index in [9.17, 15) is 13.2 Å². The Labute approximate surface area is 113 Å². The summed E-state index contributed by atoms with van der Waals surface area (Å²) >= 11 is 11.3. The molecule has 96 valence electrons. The number of hydrogen-bond acceptors (Lipinski definition) is 5. The molecule has 1 aromatic heterocycles. The van der Waals surface area contributed by atoms with Crippen molar-refractivity contribution >= 4 is 38.9 Å². The van der Waals surface area contributed by atoms with Gasteiger partial charge in [0, 0.05) is 5.41 Å². The van der Waals surface area contributed by atoms with E-state index in [2.05, 4.69) is 15.5 Å². The maximum atomic E-state index is 11.8. The summed E-state index contributed by atoms with van der Waals surface area (Å²) in [5.74, 6) is -0.716. The van der Waals surface area contributed by atoms with E-state index in [0.717, 1.165) is 5.41 Å². The zero-order chi connectivity index (χ0) is 13.3. The van der Waals surface area contributed by atoms with Gasteiger partial charge in [0.25, 0.3) is 5.91 Å². The van der Waals surface area contributed by atoms with Crippen LogP contribution in [0.5, 0.6) is 0 Å². The lowest BCUT2D eigenvalue weighted by Gasteiger charge is -2.10. The summed E-state index contributed by atoms with van der Waals surface area (Å²) in [6.45, 7) is 0. The molecule has 2 heterocycles. The first-order valence-corrected chi connectivity index (χ1v) is 7.25. The molecule has 1 atom stereocenters. The number of carbonyl (C=O) groups excluding carboxylic acids is 1. The number of amides is 1. The molecule has 1 unspecified atom stereocenters. The molecule has 0 spiro atoms. The molecular formula is C9H7Cl2N3O3S. The van der Waals surface area contributed by atoms with Gasteiger partial charge in [0.05, 0.1) is 17.4 Å². The van der Waals surface area contributed by atoms with Gasteiger partial charge in [0.2, 0.25) is 0 Å². The fraction of sp³-hybridized carbons (Fsp3) is 0.222. The van der Waals surface area contributed by atoms with Gasteiger partial charge in [-0.15, -0.1) is 10.2 Å². The molecule has 9 heteroatoms. The Hall–Kier alpha value is -1.18. The van der Waals surface area contributed by atoms with Gasteiger partial charge in [0.1, 0.15) is 0 Å².